The quantitative estimate of drug-likeness (QED) is 0.524. The van der Waals surface area contributed by atoms with E-state index in [1.54, 1.807) is 0 Å². The number of hydrogen-bond acceptors (Lipinski definition) is 3. The van der Waals surface area contributed by atoms with Crippen LogP contribution >= 0.6 is 0 Å². The van der Waals surface area contributed by atoms with Crippen LogP contribution in [0, 0.1) is 0 Å². The molecule has 3 N–H and O–H groups in total. The fourth-order valence-corrected chi connectivity index (χ4v) is 1.59. The summed E-state index contributed by atoms with van der Waals surface area (Å²) in [4.78, 5) is 2.48. The summed E-state index contributed by atoms with van der Waals surface area (Å²) in [5.41, 5.74) is 5.49. The van der Waals surface area contributed by atoms with Crippen LogP contribution in [0.2, 0.25) is 0 Å². The molecule has 0 heterocycles. The van der Waals surface area contributed by atoms with Gasteiger partial charge in [0.1, 0.15) is 0 Å². The Hall–Kier alpha value is -0.120. The minimum Gasteiger partial charge on any atom is -0.396 e. The van der Waals surface area contributed by atoms with Gasteiger partial charge >= 0.3 is 0 Å². The van der Waals surface area contributed by atoms with E-state index in [2.05, 4.69) is 11.8 Å². The van der Waals surface area contributed by atoms with Crippen LogP contribution < -0.4 is 5.73 Å². The minimum atomic E-state index is 0.330. The van der Waals surface area contributed by atoms with Crippen molar-refractivity contribution < 1.29 is 5.11 Å². The van der Waals surface area contributed by atoms with Gasteiger partial charge in [0, 0.05) is 6.61 Å². The molecule has 0 aliphatic rings. The first-order valence-electron chi connectivity index (χ1n) is 5.88. The third-order valence-electron chi connectivity index (χ3n) is 2.35. The lowest BCUT2D eigenvalue weighted by atomic mass is 10.2. The Morgan fingerprint density at radius 1 is 1.00 bits per heavy atom. The summed E-state index contributed by atoms with van der Waals surface area (Å²) in [6.07, 6.45) is 5.59. The average molecular weight is 202 g/mol. The van der Waals surface area contributed by atoms with Gasteiger partial charge in [-0.25, -0.2) is 0 Å². The monoisotopic (exact) mass is 202 g/mol. The van der Waals surface area contributed by atoms with E-state index >= 15 is 0 Å². The van der Waals surface area contributed by atoms with E-state index in [-0.39, 0.29) is 0 Å². The lowest BCUT2D eigenvalue weighted by Crippen LogP contribution is -2.28. The van der Waals surface area contributed by atoms with E-state index in [1.807, 2.05) is 0 Å². The molecule has 0 saturated carbocycles. The maximum Gasteiger partial charge on any atom is 0.0431 e. The predicted molar refractivity (Wildman–Crippen MR) is 61.3 cm³/mol. The molecule has 0 aromatic rings. The van der Waals surface area contributed by atoms with Gasteiger partial charge in [0.15, 0.2) is 0 Å². The van der Waals surface area contributed by atoms with Crippen molar-refractivity contribution in [3.05, 3.63) is 0 Å². The van der Waals surface area contributed by atoms with E-state index < -0.39 is 0 Å². The number of rotatable bonds is 10. The summed E-state index contributed by atoms with van der Waals surface area (Å²) in [5.74, 6) is 0. The summed E-state index contributed by atoms with van der Waals surface area (Å²) < 4.78 is 0. The summed E-state index contributed by atoms with van der Waals surface area (Å²) in [6.45, 7) is 6.80. The first kappa shape index (κ1) is 13.9. The lowest BCUT2D eigenvalue weighted by Gasteiger charge is -2.21. The van der Waals surface area contributed by atoms with Gasteiger partial charge < -0.3 is 15.7 Å². The molecule has 0 unspecified atom stereocenters. The number of aliphatic hydroxyl groups excluding tert-OH is 1. The highest BCUT2D eigenvalue weighted by molar-refractivity contribution is 4.57. The Morgan fingerprint density at radius 2 is 1.71 bits per heavy atom. The van der Waals surface area contributed by atoms with Gasteiger partial charge in [-0.3, -0.25) is 0 Å². The zero-order valence-corrected chi connectivity index (χ0v) is 9.54. The zero-order valence-electron chi connectivity index (χ0n) is 9.54. The molecular formula is C11H26N2O. The van der Waals surface area contributed by atoms with Crippen LogP contribution in [-0.4, -0.2) is 42.8 Å². The smallest absolute Gasteiger partial charge is 0.0431 e. The largest absolute Gasteiger partial charge is 0.396 e. The summed E-state index contributed by atoms with van der Waals surface area (Å²) in [6, 6.07) is 0. The van der Waals surface area contributed by atoms with Crippen LogP contribution in [0.25, 0.3) is 0 Å². The van der Waals surface area contributed by atoms with E-state index in [0.717, 1.165) is 38.9 Å². The zero-order chi connectivity index (χ0) is 10.6. The van der Waals surface area contributed by atoms with Crippen molar-refractivity contribution in [3.63, 3.8) is 0 Å². The third kappa shape index (κ3) is 8.48. The van der Waals surface area contributed by atoms with Crippen molar-refractivity contribution >= 4 is 0 Å². The van der Waals surface area contributed by atoms with Crippen molar-refractivity contribution in [1.29, 1.82) is 0 Å². The standard InChI is InChI=1S/C11H26N2O/c1-2-8-13(10-6-7-12)9-4-3-5-11-14/h14H,2-12H2,1H3. The molecule has 3 heteroatoms. The number of nitrogens with zero attached hydrogens (tertiary/aromatic N) is 1. The Bertz CT molecular complexity index is 109. The molecule has 0 aromatic heterocycles. The van der Waals surface area contributed by atoms with Gasteiger partial charge in [-0.05, 0) is 58.3 Å². The molecule has 0 aromatic carbocycles. The van der Waals surface area contributed by atoms with Gasteiger partial charge in [-0.2, -0.15) is 0 Å². The Morgan fingerprint density at radius 3 is 2.29 bits per heavy atom. The molecule has 0 amide bonds. The van der Waals surface area contributed by atoms with Gasteiger partial charge in [-0.1, -0.05) is 6.92 Å². The fraction of sp³-hybridized carbons (Fsp3) is 1.00. The molecule has 0 radical (unpaired) electrons. The van der Waals surface area contributed by atoms with Crippen LogP contribution in [0.5, 0.6) is 0 Å². The molecular weight excluding hydrogens is 176 g/mol. The molecule has 3 nitrogen and oxygen atoms in total. The van der Waals surface area contributed by atoms with Crippen LogP contribution in [-0.2, 0) is 0 Å². The predicted octanol–water partition coefficient (Wildman–Crippen LogP) is 1.21. The summed E-state index contributed by atoms with van der Waals surface area (Å²) in [7, 11) is 0. The summed E-state index contributed by atoms with van der Waals surface area (Å²) >= 11 is 0. The van der Waals surface area contributed by atoms with Crippen molar-refractivity contribution in [2.24, 2.45) is 5.73 Å². The van der Waals surface area contributed by atoms with Crippen molar-refractivity contribution in [1.82, 2.24) is 4.90 Å². The van der Waals surface area contributed by atoms with Gasteiger partial charge in [0.2, 0.25) is 0 Å². The second kappa shape index (κ2) is 11.0. The normalized spacial score (nSPS) is 11.1. The third-order valence-corrected chi connectivity index (χ3v) is 2.35. The average Bonchev–Trinajstić information content (AvgIpc) is 2.20. The van der Waals surface area contributed by atoms with Crippen molar-refractivity contribution in [2.45, 2.75) is 39.0 Å². The topological polar surface area (TPSA) is 49.5 Å². The molecule has 86 valence electrons. The molecule has 0 atom stereocenters. The van der Waals surface area contributed by atoms with Gasteiger partial charge in [-0.15, -0.1) is 0 Å². The van der Waals surface area contributed by atoms with E-state index in [0.29, 0.717) is 6.61 Å². The van der Waals surface area contributed by atoms with Crippen LogP contribution in [0.15, 0.2) is 0 Å². The lowest BCUT2D eigenvalue weighted by molar-refractivity contribution is 0.251. The fourth-order valence-electron chi connectivity index (χ4n) is 1.59. The highest BCUT2D eigenvalue weighted by atomic mass is 16.2. The SMILES string of the molecule is CCCN(CCCN)CCCCCO. The Balaban J connectivity index is 3.40. The van der Waals surface area contributed by atoms with E-state index in [4.69, 9.17) is 10.8 Å². The maximum absolute atomic E-state index is 8.65. The number of hydrogen-bond donors (Lipinski definition) is 2. The number of nitrogens with two attached hydrogens (primary N) is 1. The first-order valence-corrected chi connectivity index (χ1v) is 5.88. The number of aliphatic hydroxyl groups is 1. The van der Waals surface area contributed by atoms with E-state index in [9.17, 15) is 0 Å². The number of unbranched alkanes of at least 4 members (excludes halogenated alkanes) is 2. The Kier molecular flexibility index (Phi) is 10.9. The van der Waals surface area contributed by atoms with E-state index in [1.165, 1.54) is 19.4 Å². The molecule has 0 rings (SSSR count). The van der Waals surface area contributed by atoms with Crippen molar-refractivity contribution in [3.8, 4) is 0 Å². The van der Waals surface area contributed by atoms with Crippen LogP contribution in [0.3, 0.4) is 0 Å². The maximum atomic E-state index is 8.65. The molecule has 0 aliphatic heterocycles. The molecule has 0 spiro atoms. The molecule has 0 fully saturated rings. The Labute approximate surface area is 88.3 Å². The van der Waals surface area contributed by atoms with Gasteiger partial charge in [0.25, 0.3) is 0 Å². The summed E-state index contributed by atoms with van der Waals surface area (Å²) in [5, 5.41) is 8.65. The van der Waals surface area contributed by atoms with Crippen molar-refractivity contribution in [2.75, 3.05) is 32.8 Å². The molecule has 0 aliphatic carbocycles. The molecule has 0 bridgehead atoms. The molecule has 14 heavy (non-hydrogen) atoms. The highest BCUT2D eigenvalue weighted by Gasteiger charge is 2.01. The van der Waals surface area contributed by atoms with Gasteiger partial charge in [0.05, 0.1) is 0 Å². The minimum absolute atomic E-state index is 0.330. The second-order valence-corrected chi connectivity index (χ2v) is 3.77. The first-order chi connectivity index (χ1) is 6.85. The second-order valence-electron chi connectivity index (χ2n) is 3.77. The molecule has 0 saturated heterocycles. The van der Waals surface area contributed by atoms with Crippen LogP contribution in [0.1, 0.15) is 39.0 Å². The highest BCUT2D eigenvalue weighted by Crippen LogP contribution is 2.00. The van der Waals surface area contributed by atoms with Crippen LogP contribution in [0.4, 0.5) is 0 Å².